The summed E-state index contributed by atoms with van der Waals surface area (Å²) in [7, 11) is 1.31. The van der Waals surface area contributed by atoms with Gasteiger partial charge < -0.3 is 9.84 Å². The van der Waals surface area contributed by atoms with Crippen LogP contribution in [-0.4, -0.2) is 24.2 Å². The van der Waals surface area contributed by atoms with Crippen LogP contribution < -0.4 is 0 Å². The first-order valence-corrected chi connectivity index (χ1v) is 4.82. The molecule has 84 valence electrons. The molecule has 0 aromatic heterocycles. The molecule has 0 heterocycles. The summed E-state index contributed by atoms with van der Waals surface area (Å²) in [6, 6.07) is 0. The predicted molar refractivity (Wildman–Crippen MR) is 54.2 cm³/mol. The second-order valence-corrected chi connectivity index (χ2v) is 4.50. The molecule has 0 bridgehead atoms. The van der Waals surface area contributed by atoms with E-state index in [2.05, 4.69) is 4.74 Å². The highest BCUT2D eigenvalue weighted by Gasteiger charge is 2.61. The van der Waals surface area contributed by atoms with Crippen LogP contribution in [0.5, 0.6) is 0 Å². The van der Waals surface area contributed by atoms with E-state index in [9.17, 15) is 9.59 Å². The maximum atomic E-state index is 11.1. The molecule has 0 unspecified atom stereocenters. The molecule has 1 saturated carbocycles. The van der Waals surface area contributed by atoms with Gasteiger partial charge in [-0.1, -0.05) is 19.9 Å². The maximum absolute atomic E-state index is 11.1. The van der Waals surface area contributed by atoms with Gasteiger partial charge in [0.15, 0.2) is 0 Å². The summed E-state index contributed by atoms with van der Waals surface area (Å²) >= 11 is 0. The van der Waals surface area contributed by atoms with Crippen LogP contribution in [0.2, 0.25) is 0 Å². The van der Waals surface area contributed by atoms with E-state index in [1.54, 1.807) is 13.0 Å². The van der Waals surface area contributed by atoms with Gasteiger partial charge in [-0.3, -0.25) is 4.79 Å². The molecule has 1 aliphatic carbocycles. The highest BCUT2D eigenvalue weighted by atomic mass is 16.5. The molecule has 1 N–H and O–H groups in total. The van der Waals surface area contributed by atoms with Crippen molar-refractivity contribution >= 4 is 11.9 Å². The van der Waals surface area contributed by atoms with Crippen LogP contribution in [0.25, 0.3) is 0 Å². The molecule has 1 aliphatic rings. The Bertz CT molecular complexity index is 327. The number of carboxylic acids is 1. The van der Waals surface area contributed by atoms with Crippen molar-refractivity contribution in [3.8, 4) is 0 Å². The number of rotatable bonds is 3. The largest absolute Gasteiger partial charge is 0.481 e. The second-order valence-electron chi connectivity index (χ2n) is 4.50. The second kappa shape index (κ2) is 3.68. The van der Waals surface area contributed by atoms with E-state index in [4.69, 9.17) is 5.11 Å². The monoisotopic (exact) mass is 212 g/mol. The smallest absolute Gasteiger partial charge is 0.333 e. The number of aliphatic carboxylic acids is 1. The third-order valence-electron chi connectivity index (χ3n) is 3.11. The van der Waals surface area contributed by atoms with E-state index < -0.39 is 17.9 Å². The van der Waals surface area contributed by atoms with Crippen molar-refractivity contribution in [3.63, 3.8) is 0 Å². The summed E-state index contributed by atoms with van der Waals surface area (Å²) < 4.78 is 4.55. The van der Waals surface area contributed by atoms with E-state index in [-0.39, 0.29) is 11.3 Å². The Morgan fingerprint density at radius 3 is 2.27 bits per heavy atom. The van der Waals surface area contributed by atoms with Crippen molar-refractivity contribution in [3.05, 3.63) is 11.6 Å². The fourth-order valence-electron chi connectivity index (χ4n) is 1.96. The van der Waals surface area contributed by atoms with Crippen molar-refractivity contribution in [1.82, 2.24) is 0 Å². The van der Waals surface area contributed by atoms with E-state index in [0.29, 0.717) is 5.57 Å². The average molecular weight is 212 g/mol. The fourth-order valence-corrected chi connectivity index (χ4v) is 1.96. The summed E-state index contributed by atoms with van der Waals surface area (Å²) in [4.78, 5) is 22.0. The van der Waals surface area contributed by atoms with Gasteiger partial charge in [0.2, 0.25) is 0 Å². The SMILES string of the molecule is COC(=O)C(C)=C[C@@H]1[C@@H](C(=O)O)C1(C)C. The van der Waals surface area contributed by atoms with Crippen LogP contribution in [0.15, 0.2) is 11.6 Å². The van der Waals surface area contributed by atoms with Crippen LogP contribution in [0.1, 0.15) is 20.8 Å². The zero-order chi connectivity index (χ0) is 11.8. The molecule has 0 spiro atoms. The molecule has 15 heavy (non-hydrogen) atoms. The lowest BCUT2D eigenvalue weighted by molar-refractivity contribution is -0.139. The van der Waals surface area contributed by atoms with Gasteiger partial charge in [-0.2, -0.15) is 0 Å². The Morgan fingerprint density at radius 2 is 1.93 bits per heavy atom. The van der Waals surface area contributed by atoms with Gasteiger partial charge >= 0.3 is 11.9 Å². The number of carbonyl (C=O) groups excluding carboxylic acids is 1. The molecular weight excluding hydrogens is 196 g/mol. The van der Waals surface area contributed by atoms with Gasteiger partial charge in [0.1, 0.15) is 0 Å². The number of hydrogen-bond acceptors (Lipinski definition) is 3. The number of hydrogen-bond donors (Lipinski definition) is 1. The zero-order valence-corrected chi connectivity index (χ0v) is 9.40. The van der Waals surface area contributed by atoms with Crippen molar-refractivity contribution in [2.75, 3.05) is 7.11 Å². The van der Waals surface area contributed by atoms with Crippen molar-refractivity contribution in [1.29, 1.82) is 0 Å². The minimum atomic E-state index is -0.807. The van der Waals surface area contributed by atoms with Crippen molar-refractivity contribution in [2.24, 2.45) is 17.3 Å². The number of allylic oxidation sites excluding steroid dienone is 1. The molecule has 0 aliphatic heterocycles. The van der Waals surface area contributed by atoms with Crippen LogP contribution in [-0.2, 0) is 14.3 Å². The van der Waals surface area contributed by atoms with Crippen molar-refractivity contribution < 1.29 is 19.4 Å². The molecule has 4 nitrogen and oxygen atoms in total. The third-order valence-corrected chi connectivity index (χ3v) is 3.11. The number of methoxy groups -OCH3 is 1. The minimum absolute atomic E-state index is 0.0749. The molecule has 4 heteroatoms. The van der Waals surface area contributed by atoms with Crippen LogP contribution >= 0.6 is 0 Å². The van der Waals surface area contributed by atoms with Crippen LogP contribution in [0.3, 0.4) is 0 Å². The molecule has 1 fully saturated rings. The summed E-state index contributed by atoms with van der Waals surface area (Å²) in [5.41, 5.74) is 0.209. The predicted octanol–water partition coefficient (Wildman–Crippen LogP) is 1.46. The van der Waals surface area contributed by atoms with Crippen molar-refractivity contribution in [2.45, 2.75) is 20.8 Å². The van der Waals surface area contributed by atoms with E-state index in [1.807, 2.05) is 13.8 Å². The normalized spacial score (nSPS) is 28.4. The van der Waals surface area contributed by atoms with E-state index in [0.717, 1.165) is 0 Å². The summed E-state index contributed by atoms with van der Waals surface area (Å²) in [5, 5.41) is 8.92. The Morgan fingerprint density at radius 1 is 1.40 bits per heavy atom. The Kier molecular flexibility index (Phi) is 2.88. The maximum Gasteiger partial charge on any atom is 0.333 e. The molecule has 1 rings (SSSR count). The highest BCUT2D eigenvalue weighted by molar-refractivity contribution is 5.88. The average Bonchev–Trinajstić information content (AvgIpc) is 2.66. The lowest BCUT2D eigenvalue weighted by atomic mass is 10.1. The van der Waals surface area contributed by atoms with Gasteiger partial charge in [-0.05, 0) is 18.3 Å². The fraction of sp³-hybridized carbons (Fsp3) is 0.636. The Balaban J connectivity index is 2.78. The first kappa shape index (κ1) is 11.8. The zero-order valence-electron chi connectivity index (χ0n) is 9.40. The number of esters is 1. The molecule has 0 aromatic carbocycles. The first-order chi connectivity index (χ1) is 6.82. The summed E-state index contributed by atoms with van der Waals surface area (Å²) in [6.45, 7) is 5.41. The van der Waals surface area contributed by atoms with Gasteiger partial charge in [0.25, 0.3) is 0 Å². The summed E-state index contributed by atoms with van der Waals surface area (Å²) in [5.74, 6) is -1.67. The highest BCUT2D eigenvalue weighted by Crippen LogP contribution is 2.59. The molecule has 0 radical (unpaired) electrons. The van der Waals surface area contributed by atoms with Gasteiger partial charge in [0, 0.05) is 5.57 Å². The van der Waals surface area contributed by atoms with Gasteiger partial charge in [0.05, 0.1) is 13.0 Å². The topological polar surface area (TPSA) is 63.6 Å². The van der Waals surface area contributed by atoms with Gasteiger partial charge in [-0.15, -0.1) is 0 Å². The van der Waals surface area contributed by atoms with E-state index >= 15 is 0 Å². The summed E-state index contributed by atoms with van der Waals surface area (Å²) in [6.07, 6.45) is 1.70. The standard InChI is InChI=1S/C11H16O4/c1-6(10(14)15-4)5-7-8(9(12)13)11(7,2)3/h5,7-8H,1-4H3,(H,12,13)/t7-,8+/m1/s1. The Labute approximate surface area is 88.9 Å². The third kappa shape index (κ3) is 2.03. The molecule has 0 amide bonds. The number of ether oxygens (including phenoxy) is 1. The molecular formula is C11H16O4. The Hall–Kier alpha value is -1.32. The number of carboxylic acid groups (broad SMARTS) is 1. The van der Waals surface area contributed by atoms with Crippen LogP contribution in [0.4, 0.5) is 0 Å². The van der Waals surface area contributed by atoms with Crippen LogP contribution in [0, 0.1) is 17.3 Å². The number of carbonyl (C=O) groups is 2. The quantitative estimate of drug-likeness (QED) is 0.568. The van der Waals surface area contributed by atoms with E-state index in [1.165, 1.54) is 7.11 Å². The lowest BCUT2D eigenvalue weighted by Gasteiger charge is -1.99. The molecule has 2 atom stereocenters. The minimum Gasteiger partial charge on any atom is -0.481 e. The molecule has 0 saturated heterocycles. The lowest BCUT2D eigenvalue weighted by Crippen LogP contribution is -2.03. The molecule has 0 aromatic rings. The van der Waals surface area contributed by atoms with Gasteiger partial charge in [-0.25, -0.2) is 4.79 Å². The first-order valence-electron chi connectivity index (χ1n) is 4.82.